The van der Waals surface area contributed by atoms with Gasteiger partial charge in [-0.15, -0.1) is 0 Å². The highest BCUT2D eigenvalue weighted by Crippen LogP contribution is 2.30. The van der Waals surface area contributed by atoms with Crippen LogP contribution in [0.25, 0.3) is 0 Å². The molecule has 13 heavy (non-hydrogen) atoms. The summed E-state index contributed by atoms with van der Waals surface area (Å²) in [6.07, 6.45) is 5.10. The van der Waals surface area contributed by atoms with Gasteiger partial charge in [0.15, 0.2) is 0 Å². The zero-order chi connectivity index (χ0) is 10.5. The Balaban J connectivity index is 3.74. The molecule has 2 unspecified atom stereocenters. The fourth-order valence-electron chi connectivity index (χ4n) is 1.74. The van der Waals surface area contributed by atoms with E-state index in [1.807, 2.05) is 0 Å². The third-order valence-electron chi connectivity index (χ3n) is 2.72. The summed E-state index contributed by atoms with van der Waals surface area (Å²) in [6, 6.07) is 0. The fraction of sp³-hybridized carbons (Fsp3) is 1.00. The predicted octanol–water partition coefficient (Wildman–Crippen LogP) is 4.55. The zero-order valence-corrected chi connectivity index (χ0v) is 10.8. The van der Waals surface area contributed by atoms with Crippen LogP contribution in [0.2, 0.25) is 0 Å². The summed E-state index contributed by atoms with van der Waals surface area (Å²) in [6.45, 7) is 11.4. The molecule has 0 bridgehead atoms. The molecular formula is C12H26S. The van der Waals surface area contributed by atoms with Gasteiger partial charge in [0.1, 0.15) is 0 Å². The Hall–Kier alpha value is 0.350. The van der Waals surface area contributed by atoms with Gasteiger partial charge in [0.25, 0.3) is 0 Å². The maximum atomic E-state index is 4.74. The number of rotatable bonds is 6. The van der Waals surface area contributed by atoms with Crippen molar-refractivity contribution >= 4 is 12.6 Å². The summed E-state index contributed by atoms with van der Waals surface area (Å²) in [5.74, 6) is 1.62. The van der Waals surface area contributed by atoms with Crippen LogP contribution in [-0.2, 0) is 0 Å². The largest absolute Gasteiger partial charge is 0.173 e. The Morgan fingerprint density at radius 3 is 2.15 bits per heavy atom. The molecule has 80 valence electrons. The SMILES string of the molecule is CCC(C)CCC(C)(S)CC(C)C. The summed E-state index contributed by atoms with van der Waals surface area (Å²) in [4.78, 5) is 0. The first-order chi connectivity index (χ1) is 5.87. The molecule has 0 amide bonds. The van der Waals surface area contributed by atoms with Crippen LogP contribution in [0.15, 0.2) is 0 Å². The number of hydrogen-bond donors (Lipinski definition) is 1. The molecular weight excluding hydrogens is 176 g/mol. The molecule has 0 spiro atoms. The maximum Gasteiger partial charge on any atom is 0.0104 e. The summed E-state index contributed by atoms with van der Waals surface area (Å²) in [5, 5.41) is 0. The quantitative estimate of drug-likeness (QED) is 0.600. The van der Waals surface area contributed by atoms with Crippen LogP contribution in [0.5, 0.6) is 0 Å². The van der Waals surface area contributed by atoms with E-state index in [4.69, 9.17) is 12.6 Å². The van der Waals surface area contributed by atoms with Crippen LogP contribution in [0.1, 0.15) is 60.3 Å². The average Bonchev–Trinajstić information content (AvgIpc) is 1.98. The first-order valence-corrected chi connectivity index (χ1v) is 6.04. The molecule has 0 radical (unpaired) electrons. The van der Waals surface area contributed by atoms with Crippen LogP contribution in [0.4, 0.5) is 0 Å². The van der Waals surface area contributed by atoms with Crippen molar-refractivity contribution in [2.45, 2.75) is 65.0 Å². The normalized spacial score (nSPS) is 18.7. The van der Waals surface area contributed by atoms with Gasteiger partial charge in [-0.1, -0.05) is 41.0 Å². The lowest BCUT2D eigenvalue weighted by Gasteiger charge is -2.26. The van der Waals surface area contributed by atoms with E-state index < -0.39 is 0 Å². The van der Waals surface area contributed by atoms with Crippen LogP contribution < -0.4 is 0 Å². The fourth-order valence-corrected chi connectivity index (χ4v) is 2.24. The van der Waals surface area contributed by atoms with Crippen LogP contribution in [-0.4, -0.2) is 4.75 Å². The van der Waals surface area contributed by atoms with Crippen molar-refractivity contribution in [3.05, 3.63) is 0 Å². The molecule has 0 heterocycles. The predicted molar refractivity (Wildman–Crippen MR) is 65.5 cm³/mol. The van der Waals surface area contributed by atoms with E-state index in [2.05, 4.69) is 34.6 Å². The molecule has 0 saturated carbocycles. The molecule has 0 rings (SSSR count). The first kappa shape index (κ1) is 13.4. The van der Waals surface area contributed by atoms with Crippen molar-refractivity contribution in [3.63, 3.8) is 0 Å². The van der Waals surface area contributed by atoms with Crippen molar-refractivity contribution in [3.8, 4) is 0 Å². The van der Waals surface area contributed by atoms with Gasteiger partial charge < -0.3 is 0 Å². The van der Waals surface area contributed by atoms with E-state index in [1.165, 1.54) is 25.7 Å². The molecule has 0 fully saturated rings. The van der Waals surface area contributed by atoms with E-state index in [0.29, 0.717) is 0 Å². The first-order valence-electron chi connectivity index (χ1n) is 5.59. The Kier molecular flexibility index (Phi) is 6.11. The van der Waals surface area contributed by atoms with Crippen molar-refractivity contribution in [2.75, 3.05) is 0 Å². The van der Waals surface area contributed by atoms with E-state index in [1.54, 1.807) is 0 Å². The zero-order valence-electron chi connectivity index (χ0n) is 9.93. The monoisotopic (exact) mass is 202 g/mol. The molecule has 0 aromatic heterocycles. The summed E-state index contributed by atoms with van der Waals surface area (Å²) in [5.41, 5.74) is 0. The van der Waals surface area contributed by atoms with Crippen LogP contribution in [0, 0.1) is 11.8 Å². The molecule has 0 aliphatic heterocycles. The van der Waals surface area contributed by atoms with Gasteiger partial charge in [-0.05, 0) is 31.1 Å². The van der Waals surface area contributed by atoms with Gasteiger partial charge >= 0.3 is 0 Å². The maximum absolute atomic E-state index is 4.74. The average molecular weight is 202 g/mol. The van der Waals surface area contributed by atoms with Crippen molar-refractivity contribution in [1.82, 2.24) is 0 Å². The summed E-state index contributed by atoms with van der Waals surface area (Å²) < 4.78 is 0.248. The minimum Gasteiger partial charge on any atom is -0.173 e. The highest BCUT2D eigenvalue weighted by atomic mass is 32.1. The van der Waals surface area contributed by atoms with Gasteiger partial charge in [0, 0.05) is 4.75 Å². The molecule has 0 aliphatic carbocycles. The second-order valence-electron chi connectivity index (χ2n) is 5.15. The van der Waals surface area contributed by atoms with Gasteiger partial charge in [0.2, 0.25) is 0 Å². The van der Waals surface area contributed by atoms with Gasteiger partial charge in [-0.2, -0.15) is 12.6 Å². The second-order valence-corrected chi connectivity index (χ2v) is 6.23. The topological polar surface area (TPSA) is 0 Å². The molecule has 0 aromatic rings. The lowest BCUT2D eigenvalue weighted by atomic mass is 9.90. The minimum atomic E-state index is 0.248. The molecule has 0 aromatic carbocycles. The molecule has 2 atom stereocenters. The molecule has 0 saturated heterocycles. The van der Waals surface area contributed by atoms with E-state index in [-0.39, 0.29) is 4.75 Å². The van der Waals surface area contributed by atoms with Crippen molar-refractivity contribution in [1.29, 1.82) is 0 Å². The molecule has 0 aliphatic rings. The van der Waals surface area contributed by atoms with Crippen LogP contribution in [0.3, 0.4) is 0 Å². The molecule has 0 N–H and O–H groups in total. The number of thiol groups is 1. The van der Waals surface area contributed by atoms with Gasteiger partial charge in [-0.25, -0.2) is 0 Å². The van der Waals surface area contributed by atoms with E-state index in [9.17, 15) is 0 Å². The Morgan fingerprint density at radius 1 is 1.23 bits per heavy atom. The lowest BCUT2D eigenvalue weighted by molar-refractivity contribution is 0.400. The van der Waals surface area contributed by atoms with Gasteiger partial charge in [0.05, 0.1) is 0 Å². The van der Waals surface area contributed by atoms with E-state index in [0.717, 1.165) is 11.8 Å². The Labute approximate surface area is 89.9 Å². The number of hydrogen-bond acceptors (Lipinski definition) is 1. The van der Waals surface area contributed by atoms with Gasteiger partial charge in [-0.3, -0.25) is 0 Å². The van der Waals surface area contributed by atoms with Crippen molar-refractivity contribution < 1.29 is 0 Å². The van der Waals surface area contributed by atoms with Crippen LogP contribution >= 0.6 is 12.6 Å². The minimum absolute atomic E-state index is 0.248. The smallest absolute Gasteiger partial charge is 0.0104 e. The lowest BCUT2D eigenvalue weighted by Crippen LogP contribution is -2.20. The Bertz CT molecular complexity index is 127. The van der Waals surface area contributed by atoms with Crippen molar-refractivity contribution in [2.24, 2.45) is 11.8 Å². The Morgan fingerprint density at radius 2 is 1.77 bits per heavy atom. The third-order valence-corrected chi connectivity index (χ3v) is 3.13. The summed E-state index contributed by atoms with van der Waals surface area (Å²) in [7, 11) is 0. The molecule has 1 heteroatoms. The van der Waals surface area contributed by atoms with E-state index >= 15 is 0 Å². The highest BCUT2D eigenvalue weighted by molar-refractivity contribution is 7.81. The molecule has 0 nitrogen and oxygen atoms in total. The second kappa shape index (κ2) is 5.95. The summed E-state index contributed by atoms with van der Waals surface area (Å²) >= 11 is 4.74. The highest BCUT2D eigenvalue weighted by Gasteiger charge is 2.20. The third kappa shape index (κ3) is 7.42. The standard InChI is InChI=1S/C12H26S/c1-6-11(4)7-8-12(5,13)9-10(2)3/h10-11,13H,6-9H2,1-5H3.